The fraction of sp³-hybridized carbons (Fsp3) is 0.294. The summed E-state index contributed by atoms with van der Waals surface area (Å²) in [5.74, 6) is 0.0680. The number of carbonyl (C=O) groups excluding carboxylic acids is 1. The molecular weight excluding hydrogens is 262 g/mol. The molecule has 0 unspecified atom stereocenters. The number of hydrogen-bond acceptors (Lipinski definition) is 3. The summed E-state index contributed by atoms with van der Waals surface area (Å²) in [6.45, 7) is 1.01. The second-order valence-electron chi connectivity index (χ2n) is 5.39. The average molecular weight is 281 g/mol. The van der Waals surface area contributed by atoms with E-state index in [0.29, 0.717) is 24.7 Å². The first kappa shape index (κ1) is 13.8. The Morgan fingerprint density at radius 2 is 2.00 bits per heavy atom. The number of benzene rings is 1. The van der Waals surface area contributed by atoms with Crippen molar-refractivity contribution in [2.45, 2.75) is 32.0 Å². The minimum absolute atomic E-state index is 0.0680. The molecule has 1 aromatic carbocycles. The Kier molecular flexibility index (Phi) is 3.97. The van der Waals surface area contributed by atoms with Crippen molar-refractivity contribution in [1.82, 2.24) is 9.88 Å². The maximum absolute atomic E-state index is 12.8. The Hall–Kier alpha value is -2.20. The molecule has 4 heteroatoms. The van der Waals surface area contributed by atoms with E-state index in [4.69, 9.17) is 5.73 Å². The lowest BCUT2D eigenvalue weighted by molar-refractivity contribution is 0.0729. The SMILES string of the molecule is NCc1cc(C(=O)N(Cc2ccccc2)C2CC2)ccn1. The van der Waals surface area contributed by atoms with Gasteiger partial charge in [0.25, 0.3) is 5.91 Å². The average Bonchev–Trinajstić information content (AvgIpc) is 3.38. The van der Waals surface area contributed by atoms with Crippen molar-refractivity contribution in [2.24, 2.45) is 5.73 Å². The topological polar surface area (TPSA) is 59.2 Å². The van der Waals surface area contributed by atoms with Crippen LogP contribution < -0.4 is 5.73 Å². The van der Waals surface area contributed by atoms with Gasteiger partial charge in [0.1, 0.15) is 0 Å². The van der Waals surface area contributed by atoms with Gasteiger partial charge in [0, 0.05) is 30.9 Å². The zero-order valence-electron chi connectivity index (χ0n) is 11.9. The third kappa shape index (κ3) is 3.28. The van der Waals surface area contributed by atoms with Crippen LogP contribution in [0, 0.1) is 0 Å². The van der Waals surface area contributed by atoms with E-state index in [0.717, 1.165) is 24.1 Å². The van der Waals surface area contributed by atoms with E-state index in [1.165, 1.54) is 0 Å². The molecule has 21 heavy (non-hydrogen) atoms. The molecule has 1 fully saturated rings. The lowest BCUT2D eigenvalue weighted by Gasteiger charge is -2.23. The Balaban J connectivity index is 1.81. The number of aromatic nitrogens is 1. The molecule has 0 radical (unpaired) electrons. The maximum atomic E-state index is 12.8. The minimum Gasteiger partial charge on any atom is -0.331 e. The number of rotatable bonds is 5. The molecule has 1 aliphatic rings. The Morgan fingerprint density at radius 3 is 2.67 bits per heavy atom. The van der Waals surface area contributed by atoms with Crippen LogP contribution >= 0.6 is 0 Å². The molecule has 1 aliphatic carbocycles. The van der Waals surface area contributed by atoms with E-state index in [1.807, 2.05) is 23.1 Å². The summed E-state index contributed by atoms with van der Waals surface area (Å²) in [6, 6.07) is 14.0. The third-order valence-electron chi connectivity index (χ3n) is 3.72. The van der Waals surface area contributed by atoms with Crippen LogP contribution in [0.5, 0.6) is 0 Å². The van der Waals surface area contributed by atoms with Gasteiger partial charge in [-0.05, 0) is 30.5 Å². The second-order valence-corrected chi connectivity index (χ2v) is 5.39. The molecule has 1 heterocycles. The normalized spacial score (nSPS) is 14.0. The van der Waals surface area contributed by atoms with E-state index in [2.05, 4.69) is 17.1 Å². The van der Waals surface area contributed by atoms with Crippen molar-refractivity contribution in [2.75, 3.05) is 0 Å². The molecule has 2 N–H and O–H groups in total. The zero-order valence-corrected chi connectivity index (χ0v) is 11.9. The van der Waals surface area contributed by atoms with Gasteiger partial charge in [-0.2, -0.15) is 0 Å². The molecule has 0 aliphatic heterocycles. The molecule has 4 nitrogen and oxygen atoms in total. The van der Waals surface area contributed by atoms with Crippen molar-refractivity contribution in [1.29, 1.82) is 0 Å². The van der Waals surface area contributed by atoms with Crippen LogP contribution in [-0.4, -0.2) is 21.8 Å². The van der Waals surface area contributed by atoms with Gasteiger partial charge in [-0.3, -0.25) is 9.78 Å². The molecule has 0 bridgehead atoms. The predicted molar refractivity (Wildman–Crippen MR) is 81.5 cm³/mol. The third-order valence-corrected chi connectivity index (χ3v) is 3.72. The smallest absolute Gasteiger partial charge is 0.254 e. The quantitative estimate of drug-likeness (QED) is 0.915. The number of pyridine rings is 1. The first-order valence-corrected chi connectivity index (χ1v) is 7.28. The number of nitrogens with two attached hydrogens (primary N) is 1. The molecule has 3 rings (SSSR count). The summed E-state index contributed by atoms with van der Waals surface area (Å²) in [6.07, 6.45) is 3.84. The van der Waals surface area contributed by atoms with Crippen molar-refractivity contribution >= 4 is 5.91 Å². The molecule has 1 saturated carbocycles. The Bertz CT molecular complexity index is 623. The van der Waals surface area contributed by atoms with Gasteiger partial charge in [0.15, 0.2) is 0 Å². The van der Waals surface area contributed by atoms with Crippen molar-refractivity contribution in [3.05, 3.63) is 65.5 Å². The molecule has 108 valence electrons. The largest absolute Gasteiger partial charge is 0.331 e. The highest BCUT2D eigenvalue weighted by atomic mass is 16.2. The van der Waals surface area contributed by atoms with Gasteiger partial charge in [-0.1, -0.05) is 30.3 Å². The maximum Gasteiger partial charge on any atom is 0.254 e. The summed E-state index contributed by atoms with van der Waals surface area (Å²) in [5, 5.41) is 0. The summed E-state index contributed by atoms with van der Waals surface area (Å²) in [4.78, 5) is 18.9. The highest BCUT2D eigenvalue weighted by Gasteiger charge is 2.33. The lowest BCUT2D eigenvalue weighted by atomic mass is 10.1. The molecule has 0 atom stereocenters. The van der Waals surface area contributed by atoms with Crippen LogP contribution in [0.25, 0.3) is 0 Å². The van der Waals surface area contributed by atoms with Gasteiger partial charge in [0.2, 0.25) is 0 Å². The molecule has 1 aromatic heterocycles. The van der Waals surface area contributed by atoms with Crippen LogP contribution in [0.4, 0.5) is 0 Å². The molecular formula is C17H19N3O. The van der Waals surface area contributed by atoms with E-state index >= 15 is 0 Å². The van der Waals surface area contributed by atoms with Gasteiger partial charge < -0.3 is 10.6 Å². The summed E-state index contributed by atoms with van der Waals surface area (Å²) in [5.41, 5.74) is 8.18. The Morgan fingerprint density at radius 1 is 1.24 bits per heavy atom. The second kappa shape index (κ2) is 6.06. The van der Waals surface area contributed by atoms with Crippen molar-refractivity contribution in [3.63, 3.8) is 0 Å². The molecule has 0 spiro atoms. The van der Waals surface area contributed by atoms with Crippen LogP contribution in [0.3, 0.4) is 0 Å². The van der Waals surface area contributed by atoms with Crippen molar-refractivity contribution in [3.8, 4) is 0 Å². The van der Waals surface area contributed by atoms with Crippen LogP contribution in [0.1, 0.15) is 34.5 Å². The van der Waals surface area contributed by atoms with Crippen LogP contribution in [0.15, 0.2) is 48.7 Å². The van der Waals surface area contributed by atoms with Crippen LogP contribution in [-0.2, 0) is 13.1 Å². The summed E-state index contributed by atoms with van der Waals surface area (Å²) in [7, 11) is 0. The molecule has 2 aromatic rings. The van der Waals surface area contributed by atoms with Crippen molar-refractivity contribution < 1.29 is 4.79 Å². The number of hydrogen-bond donors (Lipinski definition) is 1. The van der Waals surface area contributed by atoms with Gasteiger partial charge in [0.05, 0.1) is 5.69 Å². The predicted octanol–water partition coefficient (Wildman–Crippen LogP) is 2.35. The number of carbonyl (C=O) groups is 1. The van der Waals surface area contributed by atoms with E-state index in [9.17, 15) is 4.79 Å². The van der Waals surface area contributed by atoms with E-state index in [1.54, 1.807) is 18.3 Å². The molecule has 1 amide bonds. The zero-order chi connectivity index (χ0) is 14.7. The van der Waals surface area contributed by atoms with Gasteiger partial charge >= 0.3 is 0 Å². The highest BCUT2D eigenvalue weighted by Crippen LogP contribution is 2.29. The highest BCUT2D eigenvalue weighted by molar-refractivity contribution is 5.94. The lowest BCUT2D eigenvalue weighted by Crippen LogP contribution is -2.32. The first-order valence-electron chi connectivity index (χ1n) is 7.28. The van der Waals surface area contributed by atoms with Gasteiger partial charge in [-0.15, -0.1) is 0 Å². The standard InChI is InChI=1S/C17H19N3O/c18-11-15-10-14(8-9-19-15)17(21)20(16-6-7-16)12-13-4-2-1-3-5-13/h1-5,8-10,16H,6-7,11-12,18H2. The van der Waals surface area contributed by atoms with E-state index < -0.39 is 0 Å². The summed E-state index contributed by atoms with van der Waals surface area (Å²) < 4.78 is 0. The molecule has 0 saturated heterocycles. The minimum atomic E-state index is 0.0680. The number of amides is 1. The summed E-state index contributed by atoms with van der Waals surface area (Å²) >= 11 is 0. The monoisotopic (exact) mass is 281 g/mol. The number of nitrogens with zero attached hydrogens (tertiary/aromatic N) is 2. The van der Waals surface area contributed by atoms with E-state index in [-0.39, 0.29) is 5.91 Å². The van der Waals surface area contributed by atoms with Gasteiger partial charge in [-0.25, -0.2) is 0 Å². The van der Waals surface area contributed by atoms with Crippen LogP contribution in [0.2, 0.25) is 0 Å². The fourth-order valence-electron chi connectivity index (χ4n) is 2.42. The first-order chi connectivity index (χ1) is 10.3. The fourth-order valence-corrected chi connectivity index (χ4v) is 2.42. The Labute approximate surface area is 124 Å².